The van der Waals surface area contributed by atoms with Gasteiger partial charge in [0, 0.05) is 40.0 Å². The first kappa shape index (κ1) is 13.2. The van der Waals surface area contributed by atoms with E-state index in [-0.39, 0.29) is 0 Å². The summed E-state index contributed by atoms with van der Waals surface area (Å²) in [7, 11) is 3.86. The molecule has 0 bridgehead atoms. The van der Waals surface area contributed by atoms with E-state index in [9.17, 15) is 0 Å². The average Bonchev–Trinajstić information content (AvgIpc) is 2.85. The zero-order valence-corrected chi connectivity index (χ0v) is 11.2. The Morgan fingerprint density at radius 3 is 3.17 bits per heavy atom. The van der Waals surface area contributed by atoms with E-state index in [1.165, 1.54) is 19.5 Å². The number of likely N-dealkylation sites (tertiary alicyclic amines) is 1. The summed E-state index contributed by atoms with van der Waals surface area (Å²) in [6, 6.07) is 1.96. The molecule has 0 saturated carbocycles. The van der Waals surface area contributed by atoms with E-state index in [4.69, 9.17) is 4.74 Å². The number of methoxy groups -OCH3 is 1. The van der Waals surface area contributed by atoms with E-state index >= 15 is 0 Å². The minimum atomic E-state index is 0.724. The van der Waals surface area contributed by atoms with Gasteiger partial charge in [0.1, 0.15) is 12.1 Å². The summed E-state index contributed by atoms with van der Waals surface area (Å²) in [4.78, 5) is 12.9. The third-order valence-corrected chi connectivity index (χ3v) is 3.47. The van der Waals surface area contributed by atoms with Gasteiger partial charge in [-0.1, -0.05) is 0 Å². The molecule has 1 fully saturated rings. The summed E-state index contributed by atoms with van der Waals surface area (Å²) in [6.07, 6.45) is 4.66. The predicted octanol–water partition coefficient (Wildman–Crippen LogP) is 0.881. The molecule has 0 aromatic carbocycles. The van der Waals surface area contributed by atoms with Crippen LogP contribution < -0.4 is 4.90 Å². The first-order chi connectivity index (χ1) is 8.79. The van der Waals surface area contributed by atoms with Gasteiger partial charge in [-0.3, -0.25) is 0 Å². The number of rotatable bonds is 6. The van der Waals surface area contributed by atoms with Crippen molar-refractivity contribution in [2.75, 3.05) is 51.8 Å². The molecule has 1 saturated heterocycles. The number of ether oxygens (including phenoxy) is 1. The summed E-state index contributed by atoms with van der Waals surface area (Å²) >= 11 is 0. The number of aromatic nitrogens is 2. The van der Waals surface area contributed by atoms with E-state index in [0.717, 1.165) is 31.4 Å². The Balaban J connectivity index is 1.77. The SMILES string of the molecule is COCCN1CC[C@H](CN(C)c2ccncn2)C1. The van der Waals surface area contributed by atoms with Crippen LogP contribution in [-0.2, 0) is 4.74 Å². The van der Waals surface area contributed by atoms with Crippen LogP contribution in [-0.4, -0.2) is 61.8 Å². The normalized spacial score (nSPS) is 20.2. The molecule has 0 N–H and O–H groups in total. The minimum absolute atomic E-state index is 0.724. The smallest absolute Gasteiger partial charge is 0.131 e. The van der Waals surface area contributed by atoms with E-state index < -0.39 is 0 Å². The van der Waals surface area contributed by atoms with Gasteiger partial charge in [-0.05, 0) is 24.9 Å². The summed E-state index contributed by atoms with van der Waals surface area (Å²) in [6.45, 7) is 5.28. The first-order valence-electron chi connectivity index (χ1n) is 6.48. The van der Waals surface area contributed by atoms with Crippen molar-refractivity contribution in [1.29, 1.82) is 0 Å². The second kappa shape index (κ2) is 6.66. The summed E-state index contributed by atoms with van der Waals surface area (Å²) < 4.78 is 5.12. The Hall–Kier alpha value is -1.20. The van der Waals surface area contributed by atoms with Gasteiger partial charge < -0.3 is 14.5 Å². The molecular formula is C13H22N4O. The minimum Gasteiger partial charge on any atom is -0.383 e. The second-order valence-corrected chi connectivity index (χ2v) is 4.90. The molecular weight excluding hydrogens is 228 g/mol. The fraction of sp³-hybridized carbons (Fsp3) is 0.692. The fourth-order valence-electron chi connectivity index (χ4n) is 2.48. The monoisotopic (exact) mass is 250 g/mol. The molecule has 1 aliphatic rings. The maximum Gasteiger partial charge on any atom is 0.131 e. The van der Waals surface area contributed by atoms with Crippen molar-refractivity contribution >= 4 is 5.82 Å². The van der Waals surface area contributed by atoms with Gasteiger partial charge in [-0.15, -0.1) is 0 Å². The third kappa shape index (κ3) is 3.65. The number of nitrogens with zero attached hydrogens (tertiary/aromatic N) is 4. The molecule has 0 unspecified atom stereocenters. The van der Waals surface area contributed by atoms with Crippen LogP contribution in [0.3, 0.4) is 0 Å². The molecule has 5 heteroatoms. The van der Waals surface area contributed by atoms with E-state index in [2.05, 4.69) is 26.8 Å². The van der Waals surface area contributed by atoms with Crippen molar-refractivity contribution in [2.24, 2.45) is 5.92 Å². The maximum absolute atomic E-state index is 5.12. The summed E-state index contributed by atoms with van der Waals surface area (Å²) in [5.74, 6) is 1.72. The summed E-state index contributed by atoms with van der Waals surface area (Å²) in [5, 5.41) is 0. The van der Waals surface area contributed by atoms with Crippen molar-refractivity contribution in [1.82, 2.24) is 14.9 Å². The first-order valence-corrected chi connectivity index (χ1v) is 6.48. The van der Waals surface area contributed by atoms with Gasteiger partial charge in [0.05, 0.1) is 6.61 Å². The second-order valence-electron chi connectivity index (χ2n) is 4.90. The van der Waals surface area contributed by atoms with Crippen molar-refractivity contribution in [3.63, 3.8) is 0 Å². The fourth-order valence-corrected chi connectivity index (χ4v) is 2.48. The number of anilines is 1. The van der Waals surface area contributed by atoms with Gasteiger partial charge in [0.25, 0.3) is 0 Å². The average molecular weight is 250 g/mol. The maximum atomic E-state index is 5.12. The standard InChI is InChI=1S/C13H22N4O/c1-16(13-3-5-14-11-15-13)9-12-4-6-17(10-12)7-8-18-2/h3,5,11-12H,4,6-10H2,1-2H3/t12-/m1/s1. The third-order valence-electron chi connectivity index (χ3n) is 3.47. The zero-order chi connectivity index (χ0) is 12.8. The van der Waals surface area contributed by atoms with Crippen molar-refractivity contribution in [3.05, 3.63) is 18.6 Å². The molecule has 1 aromatic rings. The Kier molecular flexibility index (Phi) is 4.90. The van der Waals surface area contributed by atoms with Crippen LogP contribution in [0.4, 0.5) is 5.82 Å². The van der Waals surface area contributed by atoms with Crippen LogP contribution in [0.2, 0.25) is 0 Å². The van der Waals surface area contributed by atoms with Crippen molar-refractivity contribution in [3.8, 4) is 0 Å². The molecule has 0 spiro atoms. The molecule has 1 aromatic heterocycles. The lowest BCUT2D eigenvalue weighted by Gasteiger charge is -2.22. The van der Waals surface area contributed by atoms with Gasteiger partial charge in [0.2, 0.25) is 0 Å². The van der Waals surface area contributed by atoms with Crippen LogP contribution in [0.25, 0.3) is 0 Å². The predicted molar refractivity (Wildman–Crippen MR) is 71.7 cm³/mol. The Morgan fingerprint density at radius 2 is 2.44 bits per heavy atom. The molecule has 2 heterocycles. The lowest BCUT2D eigenvalue weighted by atomic mass is 10.1. The lowest BCUT2D eigenvalue weighted by molar-refractivity contribution is 0.159. The van der Waals surface area contributed by atoms with Crippen LogP contribution in [0, 0.1) is 5.92 Å². The molecule has 1 aliphatic heterocycles. The molecule has 1 atom stereocenters. The molecule has 0 aliphatic carbocycles. The van der Waals surface area contributed by atoms with Gasteiger partial charge in [0.15, 0.2) is 0 Å². The van der Waals surface area contributed by atoms with Crippen LogP contribution in [0.15, 0.2) is 18.6 Å². The molecule has 18 heavy (non-hydrogen) atoms. The highest BCUT2D eigenvalue weighted by Gasteiger charge is 2.23. The zero-order valence-electron chi connectivity index (χ0n) is 11.2. The topological polar surface area (TPSA) is 41.5 Å². The lowest BCUT2D eigenvalue weighted by Crippen LogP contribution is -2.30. The molecule has 5 nitrogen and oxygen atoms in total. The highest BCUT2D eigenvalue weighted by Crippen LogP contribution is 2.18. The largest absolute Gasteiger partial charge is 0.383 e. The van der Waals surface area contributed by atoms with Gasteiger partial charge >= 0.3 is 0 Å². The summed E-state index contributed by atoms with van der Waals surface area (Å²) in [5.41, 5.74) is 0. The molecule has 2 rings (SSSR count). The van der Waals surface area contributed by atoms with Crippen LogP contribution >= 0.6 is 0 Å². The Bertz CT molecular complexity index is 346. The Morgan fingerprint density at radius 1 is 1.56 bits per heavy atom. The molecule has 100 valence electrons. The highest BCUT2D eigenvalue weighted by molar-refractivity contribution is 5.35. The van der Waals surface area contributed by atoms with Crippen LogP contribution in [0.1, 0.15) is 6.42 Å². The van der Waals surface area contributed by atoms with Crippen LogP contribution in [0.5, 0.6) is 0 Å². The molecule has 0 amide bonds. The van der Waals surface area contributed by atoms with E-state index in [1.54, 1.807) is 19.6 Å². The van der Waals surface area contributed by atoms with Crippen molar-refractivity contribution < 1.29 is 4.74 Å². The van der Waals surface area contributed by atoms with Gasteiger partial charge in [-0.25, -0.2) is 9.97 Å². The highest BCUT2D eigenvalue weighted by atomic mass is 16.5. The quantitative estimate of drug-likeness (QED) is 0.750. The van der Waals surface area contributed by atoms with E-state index in [1.807, 2.05) is 6.07 Å². The van der Waals surface area contributed by atoms with Gasteiger partial charge in [-0.2, -0.15) is 0 Å². The van der Waals surface area contributed by atoms with Crippen molar-refractivity contribution in [2.45, 2.75) is 6.42 Å². The van der Waals surface area contributed by atoms with E-state index in [0.29, 0.717) is 0 Å². The molecule has 0 radical (unpaired) electrons. The number of hydrogen-bond donors (Lipinski definition) is 0. The Labute approximate surface area is 109 Å². The number of hydrogen-bond acceptors (Lipinski definition) is 5.